The molecule has 1 aliphatic heterocycles. The van der Waals surface area contributed by atoms with E-state index in [4.69, 9.17) is 4.98 Å². The molecule has 0 bridgehead atoms. The summed E-state index contributed by atoms with van der Waals surface area (Å²) >= 11 is 2.86. The summed E-state index contributed by atoms with van der Waals surface area (Å²) in [7, 11) is 0. The molecule has 178 valence electrons. The van der Waals surface area contributed by atoms with Crippen molar-refractivity contribution in [1.29, 1.82) is 0 Å². The van der Waals surface area contributed by atoms with Crippen molar-refractivity contribution >= 4 is 56.5 Å². The van der Waals surface area contributed by atoms with Crippen LogP contribution in [-0.4, -0.2) is 33.7 Å². The molecule has 2 fully saturated rings. The van der Waals surface area contributed by atoms with Crippen LogP contribution in [0.1, 0.15) is 55.0 Å². The molecule has 1 aromatic carbocycles. The van der Waals surface area contributed by atoms with Crippen LogP contribution < -0.4 is 15.8 Å². The Bertz CT molecular complexity index is 1320. The normalized spacial score (nSPS) is 16.6. The SMILES string of the molecule is Cc1sc2nc(SCC(=O)Nc3cccc(N4CCCC4=O)c3)n(C3CCCC3)c(=O)c2c1C. The van der Waals surface area contributed by atoms with Crippen molar-refractivity contribution < 1.29 is 9.59 Å². The minimum atomic E-state index is -0.166. The summed E-state index contributed by atoms with van der Waals surface area (Å²) in [4.78, 5) is 46.8. The van der Waals surface area contributed by atoms with Crippen LogP contribution in [0.2, 0.25) is 0 Å². The van der Waals surface area contributed by atoms with Crippen LogP contribution >= 0.6 is 23.1 Å². The highest BCUT2D eigenvalue weighted by molar-refractivity contribution is 7.99. The van der Waals surface area contributed by atoms with Crippen molar-refractivity contribution in [3.63, 3.8) is 0 Å². The minimum Gasteiger partial charge on any atom is -0.325 e. The summed E-state index contributed by atoms with van der Waals surface area (Å²) in [5.41, 5.74) is 2.49. The lowest BCUT2D eigenvalue weighted by Gasteiger charge is -2.18. The maximum absolute atomic E-state index is 13.5. The standard InChI is InChI=1S/C25H28N4O3S2/c1-15-16(2)34-23-22(15)24(32)29(18-8-3-4-9-18)25(27-23)33-14-20(30)26-17-7-5-10-19(13-17)28-12-6-11-21(28)31/h5,7,10,13,18H,3-4,6,8-9,11-12,14H2,1-2H3,(H,26,30). The number of hydrogen-bond donors (Lipinski definition) is 1. The molecule has 1 saturated carbocycles. The quantitative estimate of drug-likeness (QED) is 0.381. The van der Waals surface area contributed by atoms with E-state index in [-0.39, 0.29) is 29.2 Å². The number of anilines is 2. The van der Waals surface area contributed by atoms with Crippen molar-refractivity contribution in [1.82, 2.24) is 9.55 Å². The zero-order valence-electron chi connectivity index (χ0n) is 19.4. The van der Waals surface area contributed by atoms with E-state index in [0.717, 1.165) is 58.4 Å². The third kappa shape index (κ3) is 4.38. The first kappa shape index (κ1) is 23.1. The first-order valence-electron chi connectivity index (χ1n) is 11.8. The highest BCUT2D eigenvalue weighted by atomic mass is 32.2. The zero-order chi connectivity index (χ0) is 23.8. The number of nitrogens with zero attached hydrogens (tertiary/aromatic N) is 3. The van der Waals surface area contributed by atoms with Gasteiger partial charge in [0.2, 0.25) is 11.8 Å². The summed E-state index contributed by atoms with van der Waals surface area (Å²) < 4.78 is 1.84. The number of aryl methyl sites for hydroxylation is 2. The number of hydrogen-bond acceptors (Lipinski definition) is 6. The fraction of sp³-hybridized carbons (Fsp3) is 0.440. The molecule has 9 heteroatoms. The highest BCUT2D eigenvalue weighted by Gasteiger charge is 2.25. The number of carbonyl (C=O) groups excluding carboxylic acids is 2. The van der Waals surface area contributed by atoms with Gasteiger partial charge in [-0.3, -0.25) is 19.0 Å². The summed E-state index contributed by atoms with van der Waals surface area (Å²) in [5.74, 6) is 0.103. The Labute approximate surface area is 206 Å². The number of nitrogens with one attached hydrogen (secondary N) is 1. The molecule has 3 aromatic rings. The lowest BCUT2D eigenvalue weighted by molar-refractivity contribution is -0.117. The van der Waals surface area contributed by atoms with E-state index in [1.165, 1.54) is 23.1 Å². The molecule has 2 aromatic heterocycles. The lowest BCUT2D eigenvalue weighted by atomic mass is 10.2. The van der Waals surface area contributed by atoms with Gasteiger partial charge in [-0.15, -0.1) is 11.3 Å². The Morgan fingerprint density at radius 1 is 1.21 bits per heavy atom. The third-order valence-electron chi connectivity index (χ3n) is 6.74. The molecule has 7 nitrogen and oxygen atoms in total. The van der Waals surface area contributed by atoms with Crippen molar-refractivity contribution in [2.45, 2.75) is 63.6 Å². The van der Waals surface area contributed by atoms with E-state index in [9.17, 15) is 14.4 Å². The highest BCUT2D eigenvalue weighted by Crippen LogP contribution is 2.34. The van der Waals surface area contributed by atoms with Gasteiger partial charge >= 0.3 is 0 Å². The Balaban J connectivity index is 1.36. The molecule has 1 N–H and O–H groups in total. The number of thiophene rings is 1. The van der Waals surface area contributed by atoms with Gasteiger partial charge in [-0.2, -0.15) is 0 Å². The topological polar surface area (TPSA) is 84.3 Å². The monoisotopic (exact) mass is 496 g/mol. The maximum Gasteiger partial charge on any atom is 0.263 e. The van der Waals surface area contributed by atoms with Gasteiger partial charge in [-0.1, -0.05) is 30.7 Å². The van der Waals surface area contributed by atoms with Crippen LogP contribution in [0.15, 0.2) is 34.2 Å². The molecule has 0 atom stereocenters. The van der Waals surface area contributed by atoms with Gasteiger partial charge in [0.1, 0.15) is 4.83 Å². The van der Waals surface area contributed by atoms with Gasteiger partial charge in [0, 0.05) is 35.3 Å². The zero-order valence-corrected chi connectivity index (χ0v) is 21.1. The van der Waals surface area contributed by atoms with E-state index in [2.05, 4.69) is 5.32 Å². The first-order valence-corrected chi connectivity index (χ1v) is 13.6. The lowest BCUT2D eigenvalue weighted by Crippen LogP contribution is -2.27. The van der Waals surface area contributed by atoms with Crippen LogP contribution in [0.5, 0.6) is 0 Å². The molecule has 1 saturated heterocycles. The van der Waals surface area contributed by atoms with E-state index in [1.807, 2.05) is 42.7 Å². The van der Waals surface area contributed by atoms with Crippen LogP contribution in [0.3, 0.4) is 0 Å². The fourth-order valence-corrected chi connectivity index (χ4v) is 6.81. The molecule has 0 radical (unpaired) electrons. The molecular weight excluding hydrogens is 468 g/mol. The van der Waals surface area contributed by atoms with E-state index in [1.54, 1.807) is 4.90 Å². The summed E-state index contributed by atoms with van der Waals surface area (Å²) in [5, 5.41) is 4.28. The number of rotatable bonds is 6. The summed E-state index contributed by atoms with van der Waals surface area (Å²) in [6.45, 7) is 4.71. The molecule has 3 heterocycles. The van der Waals surface area contributed by atoms with Gasteiger partial charge in [-0.05, 0) is 56.9 Å². The molecular formula is C25H28N4O3S2. The Morgan fingerprint density at radius 2 is 2.00 bits per heavy atom. The average Bonchev–Trinajstić information content (AvgIpc) is 3.54. The molecule has 0 spiro atoms. The number of amides is 2. The maximum atomic E-state index is 13.5. The second kappa shape index (κ2) is 9.54. The average molecular weight is 497 g/mol. The number of benzene rings is 1. The van der Waals surface area contributed by atoms with Crippen LogP contribution in [0, 0.1) is 13.8 Å². The largest absolute Gasteiger partial charge is 0.325 e. The number of thioether (sulfide) groups is 1. The Kier molecular flexibility index (Phi) is 6.48. The Hall–Kier alpha value is -2.65. The van der Waals surface area contributed by atoms with E-state index >= 15 is 0 Å². The predicted octanol–water partition coefficient (Wildman–Crippen LogP) is 5.05. The second-order valence-electron chi connectivity index (χ2n) is 9.01. The first-order chi connectivity index (χ1) is 16.4. The van der Waals surface area contributed by atoms with E-state index in [0.29, 0.717) is 23.8 Å². The molecule has 5 rings (SSSR count). The minimum absolute atomic E-state index is 0.0182. The number of carbonyl (C=O) groups is 2. The van der Waals surface area contributed by atoms with Gasteiger partial charge in [-0.25, -0.2) is 4.98 Å². The molecule has 0 unspecified atom stereocenters. The van der Waals surface area contributed by atoms with Crippen LogP contribution in [0.4, 0.5) is 11.4 Å². The van der Waals surface area contributed by atoms with Gasteiger partial charge in [0.15, 0.2) is 5.16 Å². The van der Waals surface area contributed by atoms with Crippen molar-refractivity contribution in [3.05, 3.63) is 45.1 Å². The smallest absolute Gasteiger partial charge is 0.263 e. The summed E-state index contributed by atoms with van der Waals surface area (Å²) in [6.07, 6.45) is 5.58. The van der Waals surface area contributed by atoms with Crippen molar-refractivity contribution in [3.8, 4) is 0 Å². The fourth-order valence-electron chi connectivity index (χ4n) is 4.87. The molecule has 2 aliphatic rings. The third-order valence-corrected chi connectivity index (χ3v) is 8.79. The van der Waals surface area contributed by atoms with Gasteiger partial charge in [0.25, 0.3) is 5.56 Å². The second-order valence-corrected chi connectivity index (χ2v) is 11.2. The molecule has 34 heavy (non-hydrogen) atoms. The van der Waals surface area contributed by atoms with Crippen molar-refractivity contribution in [2.24, 2.45) is 0 Å². The van der Waals surface area contributed by atoms with Crippen molar-refractivity contribution in [2.75, 3.05) is 22.5 Å². The molecule has 2 amide bonds. The van der Waals surface area contributed by atoms with Crippen LogP contribution in [0.25, 0.3) is 10.2 Å². The van der Waals surface area contributed by atoms with Gasteiger partial charge < -0.3 is 10.2 Å². The number of fused-ring (bicyclic) bond motifs is 1. The number of aromatic nitrogens is 2. The van der Waals surface area contributed by atoms with E-state index < -0.39 is 0 Å². The summed E-state index contributed by atoms with van der Waals surface area (Å²) in [6, 6.07) is 7.53. The van der Waals surface area contributed by atoms with Crippen LogP contribution in [-0.2, 0) is 9.59 Å². The Morgan fingerprint density at radius 3 is 2.74 bits per heavy atom. The predicted molar refractivity (Wildman–Crippen MR) is 138 cm³/mol. The molecule has 1 aliphatic carbocycles. The van der Waals surface area contributed by atoms with Gasteiger partial charge in [0.05, 0.1) is 11.1 Å².